The molecule has 0 unspecified atom stereocenters. The Bertz CT molecular complexity index is 1080. The van der Waals surface area contributed by atoms with Crippen LogP contribution in [-0.4, -0.2) is 55.0 Å². The molecule has 0 spiro atoms. The molecule has 3 aromatic rings. The number of furan rings is 1. The van der Waals surface area contributed by atoms with Crippen LogP contribution in [0, 0.1) is 0 Å². The van der Waals surface area contributed by atoms with Crippen LogP contribution >= 0.6 is 0 Å². The molecular formula is C28H34N2O5. The zero-order chi connectivity index (χ0) is 25.2. The number of carbonyl (C=O) groups excluding carboxylic acids is 2. The van der Waals surface area contributed by atoms with Gasteiger partial charge in [-0.3, -0.25) is 9.59 Å². The van der Waals surface area contributed by atoms with Gasteiger partial charge in [-0.1, -0.05) is 37.3 Å². The van der Waals surface area contributed by atoms with Crippen LogP contribution in [-0.2, 0) is 17.8 Å². The molecule has 0 saturated heterocycles. The second-order valence-corrected chi connectivity index (χ2v) is 8.39. The first-order valence-electron chi connectivity index (χ1n) is 11.8. The van der Waals surface area contributed by atoms with Crippen molar-refractivity contribution in [3.8, 4) is 11.5 Å². The molecule has 0 aliphatic carbocycles. The number of nitrogens with zero attached hydrogens (tertiary/aromatic N) is 2. The Morgan fingerprint density at radius 3 is 2.40 bits per heavy atom. The summed E-state index contributed by atoms with van der Waals surface area (Å²) in [5.41, 5.74) is 1.53. The minimum Gasteiger partial charge on any atom is -0.497 e. The standard InChI is InChI=1S/C28H34N2O5/c1-5-21(2)30(28(32)25-14-13-23(33-3)18-26(25)34-4)20-27(31)29(19-24-12-9-17-35-24)16-15-22-10-7-6-8-11-22/h6-14,17-18,21H,5,15-16,19-20H2,1-4H3/t21-/m1/s1. The summed E-state index contributed by atoms with van der Waals surface area (Å²) < 4.78 is 16.2. The first kappa shape index (κ1) is 25.9. The lowest BCUT2D eigenvalue weighted by Crippen LogP contribution is -2.47. The third kappa shape index (κ3) is 6.88. The number of rotatable bonds is 12. The maximum absolute atomic E-state index is 13.6. The number of amides is 2. The molecule has 0 N–H and O–H groups in total. The molecule has 7 nitrogen and oxygen atoms in total. The molecule has 0 aliphatic rings. The Hall–Kier alpha value is -3.74. The van der Waals surface area contributed by atoms with E-state index in [2.05, 4.69) is 0 Å². The van der Waals surface area contributed by atoms with E-state index in [0.29, 0.717) is 48.8 Å². The molecule has 1 atom stereocenters. The molecular weight excluding hydrogens is 444 g/mol. The van der Waals surface area contributed by atoms with Crippen LogP contribution in [0.5, 0.6) is 11.5 Å². The van der Waals surface area contributed by atoms with Gasteiger partial charge in [0.25, 0.3) is 5.91 Å². The van der Waals surface area contributed by atoms with Crippen LogP contribution in [0.15, 0.2) is 71.3 Å². The highest BCUT2D eigenvalue weighted by Crippen LogP contribution is 2.27. The van der Waals surface area contributed by atoms with Crippen molar-refractivity contribution in [1.82, 2.24) is 9.80 Å². The summed E-state index contributed by atoms with van der Waals surface area (Å²) in [6, 6.07) is 18.6. The van der Waals surface area contributed by atoms with Crippen molar-refractivity contribution in [3.63, 3.8) is 0 Å². The minimum atomic E-state index is -0.256. The SMILES string of the molecule is CC[C@@H](C)N(CC(=O)N(CCc1ccccc1)Cc1ccco1)C(=O)c1ccc(OC)cc1OC. The third-order valence-corrected chi connectivity index (χ3v) is 6.12. The average Bonchev–Trinajstić information content (AvgIpc) is 3.42. The quantitative estimate of drug-likeness (QED) is 0.374. The highest BCUT2D eigenvalue weighted by molar-refractivity contribution is 5.99. The van der Waals surface area contributed by atoms with Crippen LogP contribution in [0.25, 0.3) is 0 Å². The Morgan fingerprint density at radius 1 is 1.00 bits per heavy atom. The van der Waals surface area contributed by atoms with Crippen LogP contribution in [0.2, 0.25) is 0 Å². The van der Waals surface area contributed by atoms with Crippen molar-refractivity contribution < 1.29 is 23.5 Å². The molecule has 2 amide bonds. The second-order valence-electron chi connectivity index (χ2n) is 8.39. The lowest BCUT2D eigenvalue weighted by molar-refractivity contribution is -0.133. The van der Waals surface area contributed by atoms with Gasteiger partial charge in [-0.25, -0.2) is 0 Å². The van der Waals surface area contributed by atoms with Gasteiger partial charge in [0.1, 0.15) is 23.8 Å². The van der Waals surface area contributed by atoms with Crippen molar-refractivity contribution in [2.45, 2.75) is 39.3 Å². The van der Waals surface area contributed by atoms with Gasteiger partial charge >= 0.3 is 0 Å². The third-order valence-electron chi connectivity index (χ3n) is 6.12. The van der Waals surface area contributed by atoms with Gasteiger partial charge in [-0.15, -0.1) is 0 Å². The summed E-state index contributed by atoms with van der Waals surface area (Å²) in [7, 11) is 3.07. The molecule has 1 aromatic heterocycles. The number of carbonyl (C=O) groups is 2. The van der Waals surface area contributed by atoms with E-state index >= 15 is 0 Å². The molecule has 0 bridgehead atoms. The fourth-order valence-corrected chi connectivity index (χ4v) is 3.82. The molecule has 0 saturated carbocycles. The molecule has 3 rings (SSSR count). The van der Waals surface area contributed by atoms with Gasteiger partial charge in [0, 0.05) is 18.7 Å². The maximum atomic E-state index is 13.6. The lowest BCUT2D eigenvalue weighted by Gasteiger charge is -2.31. The molecule has 1 heterocycles. The molecule has 0 radical (unpaired) electrons. The number of hydrogen-bond donors (Lipinski definition) is 0. The summed E-state index contributed by atoms with van der Waals surface area (Å²) in [5.74, 6) is 1.30. The van der Waals surface area contributed by atoms with Gasteiger partial charge in [-0.2, -0.15) is 0 Å². The summed E-state index contributed by atoms with van der Waals surface area (Å²) in [6.45, 7) is 4.75. The van der Waals surface area contributed by atoms with E-state index < -0.39 is 0 Å². The van der Waals surface area contributed by atoms with Gasteiger partial charge in [0.2, 0.25) is 5.91 Å². The smallest absolute Gasteiger partial charge is 0.258 e. The summed E-state index contributed by atoms with van der Waals surface area (Å²) in [5, 5.41) is 0. The van der Waals surface area contributed by atoms with Gasteiger partial charge in [0.15, 0.2) is 0 Å². The monoisotopic (exact) mass is 478 g/mol. The Balaban J connectivity index is 1.82. The van der Waals surface area contributed by atoms with E-state index in [1.165, 1.54) is 7.11 Å². The number of methoxy groups -OCH3 is 2. The van der Waals surface area contributed by atoms with Gasteiger partial charge < -0.3 is 23.7 Å². The van der Waals surface area contributed by atoms with Crippen LogP contribution in [0.4, 0.5) is 0 Å². The topological polar surface area (TPSA) is 72.2 Å². The van der Waals surface area contributed by atoms with Crippen molar-refractivity contribution in [1.29, 1.82) is 0 Å². The number of benzene rings is 2. The predicted octanol–water partition coefficient (Wildman–Crippen LogP) is 4.81. The fourth-order valence-electron chi connectivity index (χ4n) is 3.82. The number of hydrogen-bond acceptors (Lipinski definition) is 5. The molecule has 35 heavy (non-hydrogen) atoms. The zero-order valence-electron chi connectivity index (χ0n) is 20.9. The summed E-state index contributed by atoms with van der Waals surface area (Å²) in [4.78, 5) is 30.5. The predicted molar refractivity (Wildman–Crippen MR) is 135 cm³/mol. The normalized spacial score (nSPS) is 11.5. The molecule has 7 heteroatoms. The minimum absolute atomic E-state index is 0.0431. The maximum Gasteiger partial charge on any atom is 0.258 e. The van der Waals surface area contributed by atoms with Gasteiger partial charge in [-0.05, 0) is 49.6 Å². The first-order chi connectivity index (χ1) is 17.0. The molecule has 0 fully saturated rings. The Morgan fingerprint density at radius 2 is 1.77 bits per heavy atom. The van der Waals surface area contributed by atoms with E-state index in [9.17, 15) is 9.59 Å². The van der Waals surface area contributed by atoms with E-state index in [-0.39, 0.29) is 24.4 Å². The zero-order valence-corrected chi connectivity index (χ0v) is 20.9. The van der Waals surface area contributed by atoms with E-state index in [1.54, 1.807) is 47.4 Å². The average molecular weight is 479 g/mol. The Labute approximate surface area is 207 Å². The first-order valence-corrected chi connectivity index (χ1v) is 11.8. The van der Waals surface area contributed by atoms with E-state index in [4.69, 9.17) is 13.9 Å². The molecule has 2 aromatic carbocycles. The highest BCUT2D eigenvalue weighted by Gasteiger charge is 2.28. The fraction of sp³-hybridized carbons (Fsp3) is 0.357. The second kappa shape index (κ2) is 12.6. The highest BCUT2D eigenvalue weighted by atomic mass is 16.5. The largest absolute Gasteiger partial charge is 0.497 e. The van der Waals surface area contributed by atoms with E-state index in [1.807, 2.05) is 50.2 Å². The van der Waals surface area contributed by atoms with Crippen LogP contribution in [0.1, 0.15) is 41.9 Å². The van der Waals surface area contributed by atoms with Gasteiger partial charge in [0.05, 0.1) is 32.6 Å². The van der Waals surface area contributed by atoms with Crippen molar-refractivity contribution in [3.05, 3.63) is 83.8 Å². The van der Waals surface area contributed by atoms with Crippen molar-refractivity contribution in [2.24, 2.45) is 0 Å². The lowest BCUT2D eigenvalue weighted by atomic mass is 10.1. The van der Waals surface area contributed by atoms with E-state index in [0.717, 1.165) is 5.56 Å². The summed E-state index contributed by atoms with van der Waals surface area (Å²) >= 11 is 0. The summed E-state index contributed by atoms with van der Waals surface area (Å²) in [6.07, 6.45) is 3.01. The molecule has 186 valence electrons. The molecule has 0 aliphatic heterocycles. The van der Waals surface area contributed by atoms with Crippen LogP contribution in [0.3, 0.4) is 0 Å². The number of ether oxygens (including phenoxy) is 2. The van der Waals surface area contributed by atoms with Crippen molar-refractivity contribution >= 4 is 11.8 Å². The van der Waals surface area contributed by atoms with Crippen LogP contribution < -0.4 is 9.47 Å². The Kier molecular flexibility index (Phi) is 9.35. The van der Waals surface area contributed by atoms with Crippen molar-refractivity contribution in [2.75, 3.05) is 27.3 Å².